The van der Waals surface area contributed by atoms with E-state index in [0.717, 1.165) is 21.0 Å². The van der Waals surface area contributed by atoms with Crippen molar-refractivity contribution in [2.75, 3.05) is 6.61 Å². The van der Waals surface area contributed by atoms with E-state index >= 15 is 0 Å². The number of furan rings is 1. The second-order valence-corrected chi connectivity index (χ2v) is 7.70. The molecule has 1 heterocycles. The van der Waals surface area contributed by atoms with Crippen LogP contribution in [0.15, 0.2) is 69.3 Å². The van der Waals surface area contributed by atoms with E-state index in [-0.39, 0.29) is 0 Å². The van der Waals surface area contributed by atoms with Gasteiger partial charge >= 0.3 is 0 Å². The molecule has 2 aromatic carbocycles. The van der Waals surface area contributed by atoms with E-state index in [1.165, 1.54) is 6.08 Å². The Bertz CT molecular complexity index is 1080. The lowest BCUT2D eigenvalue weighted by Gasteiger charge is -2.15. The molecule has 3 aromatic rings. The molecule has 6 nitrogen and oxygen atoms in total. The first-order valence-electron chi connectivity index (χ1n) is 9.27. The minimum Gasteiger partial charge on any atom is -0.484 e. The summed E-state index contributed by atoms with van der Waals surface area (Å²) >= 11 is 3.42. The Morgan fingerprint density at radius 3 is 2.63 bits per heavy atom. The van der Waals surface area contributed by atoms with Gasteiger partial charge in [0.25, 0.3) is 5.91 Å². The second kappa shape index (κ2) is 10.1. The fourth-order valence-corrected chi connectivity index (χ4v) is 2.98. The van der Waals surface area contributed by atoms with Crippen molar-refractivity contribution in [3.63, 3.8) is 0 Å². The molecule has 0 saturated carbocycles. The van der Waals surface area contributed by atoms with Crippen molar-refractivity contribution in [1.82, 2.24) is 5.48 Å². The van der Waals surface area contributed by atoms with Gasteiger partial charge in [0.1, 0.15) is 13.2 Å². The molecule has 2 N–H and O–H groups in total. The molecular weight excluding hydrogens is 450 g/mol. The van der Waals surface area contributed by atoms with Gasteiger partial charge < -0.3 is 13.9 Å². The second-order valence-electron chi connectivity index (χ2n) is 6.78. The van der Waals surface area contributed by atoms with Gasteiger partial charge in [-0.3, -0.25) is 10.0 Å². The molecule has 30 heavy (non-hydrogen) atoms. The number of amides is 1. The van der Waals surface area contributed by atoms with Crippen LogP contribution in [0.3, 0.4) is 0 Å². The van der Waals surface area contributed by atoms with Gasteiger partial charge in [-0.1, -0.05) is 33.6 Å². The summed E-state index contributed by atoms with van der Waals surface area (Å²) in [6.07, 6.45) is 6.30. The molecule has 0 fully saturated rings. The quantitative estimate of drug-likeness (QED) is 0.192. The molecule has 0 radical (unpaired) electrons. The molecule has 0 aliphatic carbocycles. The Kier molecular flexibility index (Phi) is 7.32. The Labute approximate surface area is 182 Å². The van der Waals surface area contributed by atoms with Crippen LogP contribution in [0.2, 0.25) is 0 Å². The summed E-state index contributed by atoms with van der Waals surface area (Å²) in [6.45, 7) is 4.62. The lowest BCUT2D eigenvalue weighted by Crippen LogP contribution is -2.14. The van der Waals surface area contributed by atoms with E-state index < -0.39 is 5.91 Å². The van der Waals surface area contributed by atoms with Crippen LogP contribution in [0.1, 0.15) is 25.0 Å². The summed E-state index contributed by atoms with van der Waals surface area (Å²) in [4.78, 5) is 11.5. The van der Waals surface area contributed by atoms with Crippen LogP contribution in [0.4, 0.5) is 0 Å². The van der Waals surface area contributed by atoms with Gasteiger partial charge in [-0.05, 0) is 55.8 Å². The number of allylic oxidation sites excluding steroid dienone is 1. The average Bonchev–Trinajstić information content (AvgIpc) is 3.20. The number of ether oxygens (including phenoxy) is 2. The predicted molar refractivity (Wildman–Crippen MR) is 119 cm³/mol. The summed E-state index contributed by atoms with van der Waals surface area (Å²) in [5.74, 6) is 0.258. The molecule has 0 aliphatic heterocycles. The van der Waals surface area contributed by atoms with E-state index in [9.17, 15) is 4.79 Å². The van der Waals surface area contributed by atoms with Crippen molar-refractivity contribution < 1.29 is 23.9 Å². The van der Waals surface area contributed by atoms with E-state index in [2.05, 4.69) is 15.9 Å². The van der Waals surface area contributed by atoms with E-state index in [1.807, 2.05) is 56.3 Å². The first kappa shape index (κ1) is 21.7. The third-order valence-electron chi connectivity index (χ3n) is 4.22. The Morgan fingerprint density at radius 2 is 1.93 bits per heavy atom. The molecule has 0 unspecified atom stereocenters. The lowest BCUT2D eigenvalue weighted by atomic mass is 10.1. The molecule has 3 rings (SSSR count). The van der Waals surface area contributed by atoms with Crippen LogP contribution in [-0.2, 0) is 11.4 Å². The highest BCUT2D eigenvalue weighted by Crippen LogP contribution is 2.41. The van der Waals surface area contributed by atoms with Gasteiger partial charge in [0.05, 0.1) is 6.26 Å². The summed E-state index contributed by atoms with van der Waals surface area (Å²) in [5.41, 5.74) is 4.86. The van der Waals surface area contributed by atoms with Crippen molar-refractivity contribution in [2.24, 2.45) is 0 Å². The van der Waals surface area contributed by atoms with Gasteiger partial charge in [-0.25, -0.2) is 5.48 Å². The number of hydrogen-bond donors (Lipinski definition) is 2. The number of fused-ring (bicyclic) bond motifs is 1. The van der Waals surface area contributed by atoms with Crippen LogP contribution >= 0.6 is 15.9 Å². The van der Waals surface area contributed by atoms with Gasteiger partial charge in [-0.15, -0.1) is 0 Å². The van der Waals surface area contributed by atoms with Gasteiger partial charge in [0.15, 0.2) is 11.3 Å². The number of carbonyl (C=O) groups excluding carboxylic acids is 1. The highest BCUT2D eigenvalue weighted by atomic mass is 79.9. The highest BCUT2D eigenvalue weighted by molar-refractivity contribution is 9.10. The average molecular weight is 472 g/mol. The topological polar surface area (TPSA) is 80.9 Å². The maximum Gasteiger partial charge on any atom is 0.267 e. The normalized spacial score (nSPS) is 10.9. The highest BCUT2D eigenvalue weighted by Gasteiger charge is 2.18. The number of nitrogens with one attached hydrogen (secondary N) is 1. The zero-order valence-corrected chi connectivity index (χ0v) is 18.2. The maximum absolute atomic E-state index is 11.5. The smallest absolute Gasteiger partial charge is 0.267 e. The van der Waals surface area contributed by atoms with E-state index in [0.29, 0.717) is 35.9 Å². The van der Waals surface area contributed by atoms with Crippen molar-refractivity contribution in [3.8, 4) is 11.5 Å². The number of hydroxylamine groups is 1. The summed E-state index contributed by atoms with van der Waals surface area (Å²) in [6, 6.07) is 11.4. The minimum atomic E-state index is -0.645. The third-order valence-corrected chi connectivity index (χ3v) is 4.75. The molecule has 0 atom stereocenters. The van der Waals surface area contributed by atoms with Crippen molar-refractivity contribution >= 4 is 38.9 Å². The molecule has 0 saturated heterocycles. The zero-order valence-electron chi connectivity index (χ0n) is 16.6. The summed E-state index contributed by atoms with van der Waals surface area (Å²) in [5, 5.41) is 9.59. The Balaban J connectivity index is 2.02. The third kappa shape index (κ3) is 5.52. The number of rotatable bonds is 8. The molecule has 0 aliphatic rings. The SMILES string of the molecule is CC(C)=CCOc1c(OCc2ccc(Br)cc2)c(C=CC(=O)NO)cc2ccoc12. The molecule has 0 spiro atoms. The molecule has 7 heteroatoms. The Hall–Kier alpha value is -3.03. The van der Waals surface area contributed by atoms with Gasteiger partial charge in [0.2, 0.25) is 5.75 Å². The van der Waals surface area contributed by atoms with Crippen LogP contribution in [0.5, 0.6) is 11.5 Å². The van der Waals surface area contributed by atoms with Crippen molar-refractivity contribution in [1.29, 1.82) is 0 Å². The molecule has 1 aromatic heterocycles. The number of halogens is 1. The molecular formula is C23H22BrNO5. The van der Waals surface area contributed by atoms with Crippen LogP contribution < -0.4 is 15.0 Å². The molecule has 0 bridgehead atoms. The largest absolute Gasteiger partial charge is 0.484 e. The summed E-state index contributed by atoms with van der Waals surface area (Å²) < 4.78 is 18.8. The molecule has 1 amide bonds. The lowest BCUT2D eigenvalue weighted by molar-refractivity contribution is -0.124. The van der Waals surface area contributed by atoms with Crippen molar-refractivity contribution in [3.05, 3.63) is 76.0 Å². The summed E-state index contributed by atoms with van der Waals surface area (Å²) in [7, 11) is 0. The van der Waals surface area contributed by atoms with E-state index in [1.54, 1.807) is 17.8 Å². The van der Waals surface area contributed by atoms with Crippen LogP contribution in [0, 0.1) is 0 Å². The van der Waals surface area contributed by atoms with Gasteiger partial charge in [-0.2, -0.15) is 0 Å². The fourth-order valence-electron chi connectivity index (χ4n) is 2.72. The van der Waals surface area contributed by atoms with Crippen LogP contribution in [-0.4, -0.2) is 17.7 Å². The standard InChI is InChI=1S/C23H22BrNO5/c1-15(2)9-11-29-23-21-18(10-12-28-21)13-17(5-8-20(26)25-27)22(23)30-14-16-3-6-19(24)7-4-16/h3-10,12-13,27H,11,14H2,1-2H3,(H,25,26). The maximum atomic E-state index is 11.5. The first-order valence-corrected chi connectivity index (χ1v) is 10.1. The first-order chi connectivity index (χ1) is 14.5. The minimum absolute atomic E-state index is 0.297. The fraction of sp³-hybridized carbons (Fsp3) is 0.174. The monoisotopic (exact) mass is 471 g/mol. The predicted octanol–water partition coefficient (Wildman–Crippen LogP) is 5.64. The Morgan fingerprint density at radius 1 is 1.17 bits per heavy atom. The van der Waals surface area contributed by atoms with Crippen LogP contribution in [0.25, 0.3) is 17.0 Å². The van der Waals surface area contributed by atoms with Crippen molar-refractivity contribution in [2.45, 2.75) is 20.5 Å². The van der Waals surface area contributed by atoms with Gasteiger partial charge in [0, 0.05) is 21.5 Å². The number of carbonyl (C=O) groups is 1. The number of hydrogen-bond acceptors (Lipinski definition) is 5. The zero-order chi connectivity index (χ0) is 21.5. The molecule has 156 valence electrons. The van der Waals surface area contributed by atoms with E-state index in [4.69, 9.17) is 19.1 Å². The number of benzene rings is 2.